The SMILES string of the molecule is Cc1nc(Cc2ccccc2Cl)[nH]c(=O)c1C. The van der Waals surface area contributed by atoms with E-state index >= 15 is 0 Å². The zero-order valence-corrected chi connectivity index (χ0v) is 10.5. The van der Waals surface area contributed by atoms with Crippen LogP contribution in [0, 0.1) is 13.8 Å². The van der Waals surface area contributed by atoms with Crippen LogP contribution in [0.25, 0.3) is 0 Å². The second-order valence-electron chi connectivity index (χ2n) is 3.99. The van der Waals surface area contributed by atoms with Gasteiger partial charge in [0.25, 0.3) is 5.56 Å². The van der Waals surface area contributed by atoms with Gasteiger partial charge in [-0.15, -0.1) is 0 Å². The topological polar surface area (TPSA) is 45.8 Å². The lowest BCUT2D eigenvalue weighted by Gasteiger charge is -2.05. The van der Waals surface area contributed by atoms with E-state index in [1.807, 2.05) is 31.2 Å². The Morgan fingerprint density at radius 3 is 2.65 bits per heavy atom. The van der Waals surface area contributed by atoms with E-state index in [4.69, 9.17) is 11.6 Å². The van der Waals surface area contributed by atoms with Gasteiger partial charge in [-0.25, -0.2) is 4.98 Å². The number of aryl methyl sites for hydroxylation is 1. The smallest absolute Gasteiger partial charge is 0.254 e. The van der Waals surface area contributed by atoms with Crippen molar-refractivity contribution in [2.45, 2.75) is 20.3 Å². The highest BCUT2D eigenvalue weighted by atomic mass is 35.5. The van der Waals surface area contributed by atoms with Crippen LogP contribution in [0.1, 0.15) is 22.6 Å². The molecule has 0 fully saturated rings. The van der Waals surface area contributed by atoms with E-state index in [1.165, 1.54) is 0 Å². The number of hydrogen-bond donors (Lipinski definition) is 1. The fourth-order valence-corrected chi connectivity index (χ4v) is 1.81. The predicted molar refractivity (Wildman–Crippen MR) is 68.6 cm³/mol. The van der Waals surface area contributed by atoms with E-state index in [-0.39, 0.29) is 5.56 Å². The molecular formula is C13H13ClN2O. The largest absolute Gasteiger partial charge is 0.310 e. The fraction of sp³-hybridized carbons (Fsp3) is 0.231. The molecule has 17 heavy (non-hydrogen) atoms. The van der Waals surface area contributed by atoms with Crippen LogP contribution in [0.2, 0.25) is 5.02 Å². The molecule has 3 nitrogen and oxygen atoms in total. The summed E-state index contributed by atoms with van der Waals surface area (Å²) in [6.07, 6.45) is 0.538. The van der Waals surface area contributed by atoms with Crippen molar-refractivity contribution in [2.75, 3.05) is 0 Å². The first-order valence-electron chi connectivity index (χ1n) is 5.37. The number of benzene rings is 1. The number of aromatic nitrogens is 2. The molecule has 0 aliphatic heterocycles. The van der Waals surface area contributed by atoms with E-state index in [0.29, 0.717) is 22.8 Å². The maximum Gasteiger partial charge on any atom is 0.254 e. The molecular weight excluding hydrogens is 236 g/mol. The maximum atomic E-state index is 11.6. The van der Waals surface area contributed by atoms with Crippen LogP contribution in [0.5, 0.6) is 0 Å². The molecule has 0 radical (unpaired) electrons. The normalized spacial score (nSPS) is 10.5. The van der Waals surface area contributed by atoms with Crippen LogP contribution < -0.4 is 5.56 Å². The molecule has 4 heteroatoms. The Labute approximate surface area is 104 Å². The number of hydrogen-bond acceptors (Lipinski definition) is 2. The summed E-state index contributed by atoms with van der Waals surface area (Å²) in [6, 6.07) is 7.55. The molecule has 2 rings (SSSR count). The zero-order chi connectivity index (χ0) is 12.4. The van der Waals surface area contributed by atoms with Crippen LogP contribution in [-0.4, -0.2) is 9.97 Å². The molecule has 0 saturated heterocycles. The van der Waals surface area contributed by atoms with Crippen molar-refractivity contribution in [3.8, 4) is 0 Å². The Morgan fingerprint density at radius 1 is 1.29 bits per heavy atom. The molecule has 1 aromatic heterocycles. The van der Waals surface area contributed by atoms with E-state index in [9.17, 15) is 4.79 Å². The van der Waals surface area contributed by atoms with Crippen LogP contribution in [0.4, 0.5) is 0 Å². The van der Waals surface area contributed by atoms with Gasteiger partial charge in [-0.05, 0) is 25.5 Å². The third kappa shape index (κ3) is 2.56. The van der Waals surface area contributed by atoms with Gasteiger partial charge in [0.1, 0.15) is 5.82 Å². The van der Waals surface area contributed by atoms with Gasteiger partial charge >= 0.3 is 0 Å². The van der Waals surface area contributed by atoms with Crippen molar-refractivity contribution in [1.29, 1.82) is 0 Å². The van der Waals surface area contributed by atoms with Gasteiger partial charge in [0.15, 0.2) is 0 Å². The van der Waals surface area contributed by atoms with Crippen LogP contribution in [0.3, 0.4) is 0 Å². The Bertz CT molecular complexity index is 605. The number of nitrogens with zero attached hydrogens (tertiary/aromatic N) is 1. The highest BCUT2D eigenvalue weighted by Crippen LogP contribution is 2.17. The van der Waals surface area contributed by atoms with Gasteiger partial charge in [-0.1, -0.05) is 29.8 Å². The Kier molecular flexibility index (Phi) is 3.29. The average Bonchev–Trinajstić information content (AvgIpc) is 2.29. The second kappa shape index (κ2) is 4.72. The second-order valence-corrected chi connectivity index (χ2v) is 4.40. The third-order valence-corrected chi connectivity index (χ3v) is 3.13. The summed E-state index contributed by atoms with van der Waals surface area (Å²) in [5.74, 6) is 0.645. The molecule has 2 aromatic rings. The molecule has 88 valence electrons. The number of halogens is 1. The lowest BCUT2D eigenvalue weighted by molar-refractivity contribution is 0.903. The molecule has 0 atom stereocenters. The number of H-pyrrole nitrogens is 1. The van der Waals surface area contributed by atoms with Crippen LogP contribution >= 0.6 is 11.6 Å². The summed E-state index contributed by atoms with van der Waals surface area (Å²) in [4.78, 5) is 18.7. The minimum atomic E-state index is -0.0837. The first kappa shape index (κ1) is 11.9. The average molecular weight is 249 g/mol. The van der Waals surface area contributed by atoms with Gasteiger partial charge in [0, 0.05) is 22.7 Å². The van der Waals surface area contributed by atoms with E-state index in [0.717, 1.165) is 11.3 Å². The molecule has 0 aliphatic rings. The maximum absolute atomic E-state index is 11.6. The fourth-order valence-electron chi connectivity index (χ4n) is 1.61. The van der Waals surface area contributed by atoms with Crippen molar-refractivity contribution in [2.24, 2.45) is 0 Å². The molecule has 0 spiro atoms. The monoisotopic (exact) mass is 248 g/mol. The van der Waals surface area contributed by atoms with Crippen molar-refractivity contribution in [3.63, 3.8) is 0 Å². The van der Waals surface area contributed by atoms with Crippen LogP contribution in [0.15, 0.2) is 29.1 Å². The van der Waals surface area contributed by atoms with Crippen molar-refractivity contribution in [3.05, 3.63) is 62.3 Å². The summed E-state index contributed by atoms with van der Waals surface area (Å²) in [5, 5.41) is 0.688. The molecule has 0 bridgehead atoms. The Balaban J connectivity index is 2.38. The molecule has 1 N–H and O–H groups in total. The van der Waals surface area contributed by atoms with Crippen LogP contribution in [-0.2, 0) is 6.42 Å². The first-order valence-corrected chi connectivity index (χ1v) is 5.75. The van der Waals surface area contributed by atoms with Gasteiger partial charge < -0.3 is 4.98 Å². The Morgan fingerprint density at radius 2 is 2.00 bits per heavy atom. The number of rotatable bonds is 2. The van der Waals surface area contributed by atoms with E-state index in [2.05, 4.69) is 9.97 Å². The minimum Gasteiger partial charge on any atom is -0.310 e. The minimum absolute atomic E-state index is 0.0837. The van der Waals surface area contributed by atoms with Gasteiger partial charge in [-0.3, -0.25) is 4.79 Å². The third-order valence-electron chi connectivity index (χ3n) is 2.76. The van der Waals surface area contributed by atoms with Gasteiger partial charge in [0.2, 0.25) is 0 Å². The zero-order valence-electron chi connectivity index (χ0n) is 9.75. The molecule has 1 heterocycles. The molecule has 0 unspecified atom stereocenters. The van der Waals surface area contributed by atoms with Crippen molar-refractivity contribution in [1.82, 2.24) is 9.97 Å². The van der Waals surface area contributed by atoms with E-state index < -0.39 is 0 Å². The molecule has 0 saturated carbocycles. The Hall–Kier alpha value is -1.61. The van der Waals surface area contributed by atoms with E-state index in [1.54, 1.807) is 6.92 Å². The lowest BCUT2D eigenvalue weighted by Crippen LogP contribution is -2.16. The summed E-state index contributed by atoms with van der Waals surface area (Å²) in [5.41, 5.74) is 2.30. The first-order chi connectivity index (χ1) is 8.08. The lowest BCUT2D eigenvalue weighted by atomic mass is 10.1. The highest BCUT2D eigenvalue weighted by Gasteiger charge is 2.06. The number of nitrogens with one attached hydrogen (secondary N) is 1. The molecule has 1 aromatic carbocycles. The van der Waals surface area contributed by atoms with Gasteiger partial charge in [-0.2, -0.15) is 0 Å². The number of aromatic amines is 1. The highest BCUT2D eigenvalue weighted by molar-refractivity contribution is 6.31. The standard InChI is InChI=1S/C13H13ClN2O/c1-8-9(2)15-12(16-13(8)17)7-10-5-3-4-6-11(10)14/h3-6H,7H2,1-2H3,(H,15,16,17). The summed E-state index contributed by atoms with van der Waals surface area (Å²) in [6.45, 7) is 3.60. The summed E-state index contributed by atoms with van der Waals surface area (Å²) < 4.78 is 0. The summed E-state index contributed by atoms with van der Waals surface area (Å²) in [7, 11) is 0. The summed E-state index contributed by atoms with van der Waals surface area (Å²) >= 11 is 6.07. The quantitative estimate of drug-likeness (QED) is 0.888. The molecule has 0 amide bonds. The van der Waals surface area contributed by atoms with Gasteiger partial charge in [0.05, 0.1) is 0 Å². The van der Waals surface area contributed by atoms with Crippen molar-refractivity contribution < 1.29 is 0 Å². The van der Waals surface area contributed by atoms with Crippen molar-refractivity contribution >= 4 is 11.6 Å². The predicted octanol–water partition coefficient (Wildman–Crippen LogP) is 2.63. The molecule has 0 aliphatic carbocycles.